The largest absolute Gasteiger partial charge is 0.392 e. The van der Waals surface area contributed by atoms with Crippen molar-refractivity contribution >= 4 is 23.4 Å². The molecule has 9 rings (SSSR count). The topological polar surface area (TPSA) is 112 Å². The quantitative estimate of drug-likeness (QED) is 0.157. The maximum atomic E-state index is 13.4. The van der Waals surface area contributed by atoms with Crippen LogP contribution in [-0.2, 0) is 27.4 Å². The normalized spacial score (nSPS) is 23.2. The fourth-order valence-electron chi connectivity index (χ4n) is 9.03. The second-order valence-corrected chi connectivity index (χ2v) is 15.6. The lowest BCUT2D eigenvalue weighted by Gasteiger charge is -2.46. The summed E-state index contributed by atoms with van der Waals surface area (Å²) in [4.78, 5) is 45.7. The first-order valence-electron chi connectivity index (χ1n) is 19.8. The number of anilines is 1. The number of nitrogens with one attached hydrogen (secondary N) is 1. The fourth-order valence-corrected chi connectivity index (χ4v) is 9.03. The van der Waals surface area contributed by atoms with Crippen molar-refractivity contribution in [3.63, 3.8) is 0 Å². The van der Waals surface area contributed by atoms with Crippen LogP contribution in [0.3, 0.4) is 0 Å². The van der Waals surface area contributed by atoms with E-state index in [1.54, 1.807) is 24.3 Å². The number of nitrogens with zero attached hydrogens (tertiary/aromatic N) is 3. The third kappa shape index (κ3) is 6.82. The van der Waals surface area contributed by atoms with E-state index in [9.17, 15) is 19.5 Å². The smallest absolute Gasteiger partial charge is 0.261 e. The van der Waals surface area contributed by atoms with Crippen molar-refractivity contribution < 1.29 is 29.0 Å². The summed E-state index contributed by atoms with van der Waals surface area (Å²) in [5, 5.41) is 12.8. The van der Waals surface area contributed by atoms with Crippen LogP contribution in [0.4, 0.5) is 5.69 Å². The van der Waals surface area contributed by atoms with Gasteiger partial charge >= 0.3 is 0 Å². The Hall–Kier alpha value is -5.65. The van der Waals surface area contributed by atoms with Gasteiger partial charge in [0.25, 0.3) is 11.8 Å². The number of carbonyl (C=O) groups is 3. The van der Waals surface area contributed by atoms with Crippen LogP contribution in [0.2, 0.25) is 0 Å². The number of fused-ring (bicyclic) bond motifs is 1. The molecule has 2 N–H and O–H groups in total. The molecule has 10 heteroatoms. The van der Waals surface area contributed by atoms with Crippen molar-refractivity contribution in [1.29, 1.82) is 0 Å². The number of ether oxygens (including phenoxy) is 2. The number of rotatable bonds is 9. The molecule has 3 saturated heterocycles. The number of carbonyl (C=O) groups excluding carboxylic acids is 3. The molecule has 5 aromatic rings. The highest BCUT2D eigenvalue weighted by Crippen LogP contribution is 2.43. The van der Waals surface area contributed by atoms with E-state index in [2.05, 4.69) is 34.2 Å². The van der Waals surface area contributed by atoms with E-state index in [4.69, 9.17) is 9.47 Å². The van der Waals surface area contributed by atoms with Crippen molar-refractivity contribution in [2.45, 2.75) is 57.0 Å². The Bertz CT molecular complexity index is 2240. The van der Waals surface area contributed by atoms with E-state index in [0.29, 0.717) is 24.3 Å². The van der Waals surface area contributed by atoms with Crippen molar-refractivity contribution in [2.24, 2.45) is 5.92 Å². The van der Waals surface area contributed by atoms with Crippen LogP contribution in [0, 0.1) is 5.92 Å². The lowest BCUT2D eigenvalue weighted by atomic mass is 9.84. The predicted molar refractivity (Wildman–Crippen MR) is 216 cm³/mol. The zero-order valence-corrected chi connectivity index (χ0v) is 31.9. The van der Waals surface area contributed by atoms with Crippen LogP contribution in [0.25, 0.3) is 11.1 Å². The van der Waals surface area contributed by atoms with Crippen molar-refractivity contribution in [1.82, 2.24) is 15.1 Å². The highest BCUT2D eigenvalue weighted by molar-refractivity contribution is 6.21. The second-order valence-electron chi connectivity index (χ2n) is 15.6. The number of benzene rings is 5. The minimum atomic E-state index is -0.637. The summed E-state index contributed by atoms with van der Waals surface area (Å²) >= 11 is 0. The molecule has 4 aliphatic heterocycles. The first-order chi connectivity index (χ1) is 27.8. The number of piperidine rings is 1. The molecule has 4 atom stereocenters. The van der Waals surface area contributed by atoms with E-state index in [1.165, 1.54) is 4.90 Å². The summed E-state index contributed by atoms with van der Waals surface area (Å²) in [5.74, 6) is -0.443. The minimum Gasteiger partial charge on any atom is -0.392 e. The van der Waals surface area contributed by atoms with Crippen molar-refractivity contribution in [2.75, 3.05) is 31.2 Å². The molecule has 3 amide bonds. The number of likely N-dealkylation sites (tertiary alicyclic amines) is 1. The Labute approximate surface area is 332 Å². The molecule has 5 aromatic carbocycles. The summed E-state index contributed by atoms with van der Waals surface area (Å²) in [6.07, 6.45) is 0.379. The summed E-state index contributed by atoms with van der Waals surface area (Å²) in [7, 11) is 0. The van der Waals surface area contributed by atoms with Crippen molar-refractivity contribution in [3.05, 3.63) is 161 Å². The third-order valence-corrected chi connectivity index (χ3v) is 12.4. The van der Waals surface area contributed by atoms with Gasteiger partial charge in [0, 0.05) is 36.8 Å². The van der Waals surface area contributed by atoms with E-state index in [-0.39, 0.29) is 49.0 Å². The molecule has 3 fully saturated rings. The van der Waals surface area contributed by atoms with Crippen LogP contribution in [0.5, 0.6) is 0 Å². The lowest BCUT2D eigenvalue weighted by molar-refractivity contribution is -0.276. The van der Waals surface area contributed by atoms with Crippen LogP contribution in [0.15, 0.2) is 127 Å². The standard InChI is InChI=1S/C47H46N4O6/c1-31-41(28-49-25-23-47(24-26-49)46(55)48-30-51(47)37-10-3-2-4-11-37)56-45(57-42(31)34-17-15-32(29-52)16-18-34)35-21-19-33(20-22-35)38-12-6-5-9-36(38)27-50-43(53)39-13-7-8-14-40(39)44(50)54/h2-22,31,41-42,45,52H,23-30H2,1H3,(H,48,55)/t31-,41+,42+,45+/m0/s1. The average Bonchev–Trinajstić information content (AvgIpc) is 3.70. The Morgan fingerprint density at radius 3 is 2.00 bits per heavy atom. The Morgan fingerprint density at radius 2 is 1.33 bits per heavy atom. The van der Waals surface area contributed by atoms with Gasteiger partial charge < -0.3 is 29.7 Å². The molecule has 10 nitrogen and oxygen atoms in total. The van der Waals surface area contributed by atoms with Gasteiger partial charge in [0.2, 0.25) is 5.91 Å². The third-order valence-electron chi connectivity index (χ3n) is 12.4. The van der Waals surface area contributed by atoms with Gasteiger partial charge in [0.05, 0.1) is 43.2 Å². The average molecular weight is 763 g/mol. The Kier molecular flexibility index (Phi) is 9.96. The summed E-state index contributed by atoms with van der Waals surface area (Å²) in [5.41, 5.74) is 6.86. The maximum Gasteiger partial charge on any atom is 0.261 e. The molecule has 1 spiro atoms. The van der Waals surface area contributed by atoms with E-state index >= 15 is 0 Å². The van der Waals surface area contributed by atoms with Gasteiger partial charge in [-0.25, -0.2) is 0 Å². The Morgan fingerprint density at radius 1 is 0.719 bits per heavy atom. The van der Waals surface area contributed by atoms with Gasteiger partial charge in [-0.2, -0.15) is 0 Å². The van der Waals surface area contributed by atoms with Crippen LogP contribution >= 0.6 is 0 Å². The van der Waals surface area contributed by atoms with Crippen LogP contribution in [0.1, 0.15) is 75.1 Å². The molecule has 4 heterocycles. The number of aliphatic hydroxyl groups is 1. The minimum absolute atomic E-state index is 0.0148. The molecule has 0 aromatic heterocycles. The molecule has 290 valence electrons. The van der Waals surface area contributed by atoms with E-state index in [1.807, 2.05) is 91.0 Å². The van der Waals surface area contributed by atoms with Gasteiger partial charge in [0.15, 0.2) is 6.29 Å². The number of imide groups is 1. The first kappa shape index (κ1) is 37.0. The summed E-state index contributed by atoms with van der Waals surface area (Å²) in [6, 6.07) is 41.1. The zero-order chi connectivity index (χ0) is 39.1. The number of para-hydroxylation sites is 1. The molecule has 0 radical (unpaired) electrons. The fraction of sp³-hybridized carbons (Fsp3) is 0.298. The molecular formula is C47H46N4O6. The van der Waals surface area contributed by atoms with Crippen molar-refractivity contribution in [3.8, 4) is 11.1 Å². The molecule has 0 saturated carbocycles. The van der Waals surface area contributed by atoms with Gasteiger partial charge in [-0.3, -0.25) is 19.3 Å². The van der Waals surface area contributed by atoms with E-state index < -0.39 is 11.8 Å². The van der Waals surface area contributed by atoms with Gasteiger partial charge in [-0.15, -0.1) is 0 Å². The highest BCUT2D eigenvalue weighted by Gasteiger charge is 2.51. The highest BCUT2D eigenvalue weighted by atomic mass is 16.7. The van der Waals surface area contributed by atoms with Gasteiger partial charge in [-0.1, -0.05) is 110 Å². The molecule has 0 aliphatic carbocycles. The van der Waals surface area contributed by atoms with Gasteiger partial charge in [0.1, 0.15) is 5.54 Å². The first-order valence-corrected chi connectivity index (χ1v) is 19.8. The summed E-state index contributed by atoms with van der Waals surface area (Å²) < 4.78 is 13.6. The zero-order valence-electron chi connectivity index (χ0n) is 31.9. The van der Waals surface area contributed by atoms with E-state index in [0.717, 1.165) is 65.0 Å². The summed E-state index contributed by atoms with van der Waals surface area (Å²) in [6.45, 7) is 5.05. The number of aliphatic hydroxyl groups excluding tert-OH is 1. The molecule has 57 heavy (non-hydrogen) atoms. The lowest BCUT2D eigenvalue weighted by Crippen LogP contribution is -2.57. The van der Waals surface area contributed by atoms with Crippen LogP contribution in [-0.4, -0.2) is 70.6 Å². The predicted octanol–water partition coefficient (Wildman–Crippen LogP) is 6.86. The van der Waals surface area contributed by atoms with Crippen LogP contribution < -0.4 is 10.2 Å². The second kappa shape index (κ2) is 15.4. The Balaban J connectivity index is 0.940. The van der Waals surface area contributed by atoms with Gasteiger partial charge in [-0.05, 0) is 64.9 Å². The maximum absolute atomic E-state index is 13.4. The molecular weight excluding hydrogens is 717 g/mol. The molecule has 0 bridgehead atoms. The molecule has 4 aliphatic rings. The SMILES string of the molecule is C[C@H]1[C@@H](CN2CCC3(CC2)C(=O)NCN3c2ccccc2)O[C@@H](c2ccc(-c3ccccc3CN3C(=O)c4ccccc4C3=O)cc2)O[C@H]1c1ccc(CO)cc1. The number of hydrogen-bond acceptors (Lipinski definition) is 8. The number of hydrogen-bond donors (Lipinski definition) is 2. The molecule has 0 unspecified atom stereocenters. The monoisotopic (exact) mass is 762 g/mol. The number of amides is 3.